The fourth-order valence-electron chi connectivity index (χ4n) is 2.88. The van der Waals surface area contributed by atoms with E-state index in [1.54, 1.807) is 7.11 Å². The van der Waals surface area contributed by atoms with Gasteiger partial charge in [-0.1, -0.05) is 24.3 Å². The molecule has 0 spiro atoms. The van der Waals surface area contributed by atoms with E-state index < -0.39 is 0 Å². The Bertz CT molecular complexity index is 778. The van der Waals surface area contributed by atoms with Crippen LogP contribution in [0.15, 0.2) is 73.1 Å². The first-order valence-corrected chi connectivity index (χ1v) is 9.19. The number of pyridine rings is 2. The first kappa shape index (κ1) is 19.0. The minimum atomic E-state index is 0.779. The standard InChI is InChI=1S/C22H26N4O/c1-27-22-10-8-19(9-11-22)17-26(18-21-7-3-5-13-25-21)15-14-23-16-20-6-2-4-12-24-20/h2-13,23H,14-18H2,1H3. The van der Waals surface area contributed by atoms with E-state index >= 15 is 0 Å². The summed E-state index contributed by atoms with van der Waals surface area (Å²) >= 11 is 0. The van der Waals surface area contributed by atoms with Gasteiger partial charge in [-0.2, -0.15) is 0 Å². The van der Waals surface area contributed by atoms with Gasteiger partial charge < -0.3 is 10.1 Å². The summed E-state index contributed by atoms with van der Waals surface area (Å²) in [6.45, 7) is 4.28. The van der Waals surface area contributed by atoms with Gasteiger partial charge in [0.1, 0.15) is 5.75 Å². The summed E-state index contributed by atoms with van der Waals surface area (Å²) in [6.07, 6.45) is 3.67. The van der Waals surface area contributed by atoms with Crippen molar-refractivity contribution in [2.75, 3.05) is 20.2 Å². The number of nitrogens with zero attached hydrogens (tertiary/aromatic N) is 3. The van der Waals surface area contributed by atoms with Crippen LogP contribution in [0.2, 0.25) is 0 Å². The van der Waals surface area contributed by atoms with Crippen LogP contribution in [0.5, 0.6) is 5.75 Å². The van der Waals surface area contributed by atoms with Gasteiger partial charge in [0.05, 0.1) is 18.5 Å². The van der Waals surface area contributed by atoms with Gasteiger partial charge in [-0.05, 0) is 42.0 Å². The molecule has 0 aliphatic carbocycles. The molecule has 0 aliphatic heterocycles. The van der Waals surface area contributed by atoms with Gasteiger partial charge in [-0.15, -0.1) is 0 Å². The topological polar surface area (TPSA) is 50.3 Å². The van der Waals surface area contributed by atoms with Crippen LogP contribution >= 0.6 is 0 Å². The fourth-order valence-corrected chi connectivity index (χ4v) is 2.88. The molecule has 5 nitrogen and oxygen atoms in total. The molecule has 27 heavy (non-hydrogen) atoms. The summed E-state index contributed by atoms with van der Waals surface area (Å²) in [7, 11) is 1.69. The molecule has 5 heteroatoms. The Morgan fingerprint density at radius 1 is 0.852 bits per heavy atom. The van der Waals surface area contributed by atoms with Crippen molar-refractivity contribution < 1.29 is 4.74 Å². The molecule has 0 unspecified atom stereocenters. The zero-order chi connectivity index (χ0) is 18.7. The maximum absolute atomic E-state index is 5.25. The Morgan fingerprint density at radius 3 is 2.19 bits per heavy atom. The Hall–Kier alpha value is -2.76. The van der Waals surface area contributed by atoms with Gasteiger partial charge in [0, 0.05) is 45.1 Å². The Labute approximate surface area is 161 Å². The molecule has 0 saturated carbocycles. The van der Waals surface area contributed by atoms with E-state index in [1.807, 2.05) is 54.9 Å². The van der Waals surface area contributed by atoms with Crippen molar-refractivity contribution >= 4 is 0 Å². The van der Waals surface area contributed by atoms with Gasteiger partial charge in [-0.3, -0.25) is 14.9 Å². The van der Waals surface area contributed by atoms with E-state index in [9.17, 15) is 0 Å². The van der Waals surface area contributed by atoms with Crippen molar-refractivity contribution in [3.63, 3.8) is 0 Å². The van der Waals surface area contributed by atoms with E-state index in [0.717, 1.165) is 49.9 Å². The average molecular weight is 362 g/mol. The van der Waals surface area contributed by atoms with Crippen molar-refractivity contribution in [1.29, 1.82) is 0 Å². The lowest BCUT2D eigenvalue weighted by atomic mass is 10.2. The van der Waals surface area contributed by atoms with Gasteiger partial charge in [0.2, 0.25) is 0 Å². The second kappa shape index (κ2) is 10.4. The predicted octanol–water partition coefficient (Wildman–Crippen LogP) is 3.28. The second-order valence-corrected chi connectivity index (χ2v) is 6.38. The number of nitrogens with one attached hydrogen (secondary N) is 1. The van der Waals surface area contributed by atoms with Crippen LogP contribution in [0.1, 0.15) is 17.0 Å². The third-order valence-electron chi connectivity index (χ3n) is 4.31. The summed E-state index contributed by atoms with van der Waals surface area (Å²) in [4.78, 5) is 11.2. The maximum Gasteiger partial charge on any atom is 0.118 e. The van der Waals surface area contributed by atoms with E-state index in [4.69, 9.17) is 4.74 Å². The van der Waals surface area contributed by atoms with Crippen molar-refractivity contribution in [2.45, 2.75) is 19.6 Å². The zero-order valence-electron chi connectivity index (χ0n) is 15.7. The zero-order valence-corrected chi connectivity index (χ0v) is 15.7. The van der Waals surface area contributed by atoms with Crippen LogP contribution in [0.3, 0.4) is 0 Å². The highest BCUT2D eigenvalue weighted by Gasteiger charge is 2.08. The number of benzene rings is 1. The molecular weight excluding hydrogens is 336 g/mol. The smallest absolute Gasteiger partial charge is 0.118 e. The molecule has 0 saturated heterocycles. The molecule has 3 rings (SSSR count). The lowest BCUT2D eigenvalue weighted by Crippen LogP contribution is -2.31. The third kappa shape index (κ3) is 6.47. The van der Waals surface area contributed by atoms with Crippen molar-refractivity contribution in [3.05, 3.63) is 90.0 Å². The largest absolute Gasteiger partial charge is 0.497 e. The number of methoxy groups -OCH3 is 1. The van der Waals surface area contributed by atoms with E-state index in [1.165, 1.54) is 5.56 Å². The number of aromatic nitrogens is 2. The first-order chi connectivity index (χ1) is 13.3. The van der Waals surface area contributed by atoms with Gasteiger partial charge in [0.25, 0.3) is 0 Å². The minimum absolute atomic E-state index is 0.779. The quantitative estimate of drug-likeness (QED) is 0.561. The van der Waals surface area contributed by atoms with E-state index in [-0.39, 0.29) is 0 Å². The molecule has 2 heterocycles. The van der Waals surface area contributed by atoms with Gasteiger partial charge in [0.15, 0.2) is 0 Å². The molecule has 0 fully saturated rings. The fraction of sp³-hybridized carbons (Fsp3) is 0.273. The minimum Gasteiger partial charge on any atom is -0.497 e. The summed E-state index contributed by atoms with van der Waals surface area (Å²) in [6, 6.07) is 20.3. The molecule has 2 aromatic heterocycles. The normalized spacial score (nSPS) is 10.9. The monoisotopic (exact) mass is 362 g/mol. The highest BCUT2D eigenvalue weighted by molar-refractivity contribution is 5.27. The Kier molecular flexibility index (Phi) is 7.33. The van der Waals surface area contributed by atoms with E-state index in [2.05, 4.69) is 38.4 Å². The molecule has 1 N–H and O–H groups in total. The second-order valence-electron chi connectivity index (χ2n) is 6.38. The van der Waals surface area contributed by atoms with Crippen LogP contribution in [-0.2, 0) is 19.6 Å². The average Bonchev–Trinajstić information content (AvgIpc) is 2.73. The SMILES string of the molecule is COc1ccc(CN(CCNCc2ccccn2)Cc2ccccn2)cc1. The maximum atomic E-state index is 5.25. The first-order valence-electron chi connectivity index (χ1n) is 9.19. The summed E-state index contributed by atoms with van der Waals surface area (Å²) in [5.41, 5.74) is 3.40. The van der Waals surface area contributed by atoms with E-state index in [0.29, 0.717) is 0 Å². The van der Waals surface area contributed by atoms with Crippen LogP contribution in [0.4, 0.5) is 0 Å². The van der Waals surface area contributed by atoms with Crippen molar-refractivity contribution in [3.8, 4) is 5.75 Å². The molecule has 0 aliphatic rings. The lowest BCUT2D eigenvalue weighted by molar-refractivity contribution is 0.253. The summed E-state index contributed by atoms with van der Waals surface area (Å²) in [5.74, 6) is 0.882. The number of rotatable bonds is 10. The number of ether oxygens (including phenoxy) is 1. The highest BCUT2D eigenvalue weighted by atomic mass is 16.5. The summed E-state index contributed by atoms with van der Waals surface area (Å²) < 4.78 is 5.25. The van der Waals surface area contributed by atoms with Crippen LogP contribution in [0.25, 0.3) is 0 Å². The van der Waals surface area contributed by atoms with Crippen molar-refractivity contribution in [1.82, 2.24) is 20.2 Å². The lowest BCUT2D eigenvalue weighted by Gasteiger charge is -2.22. The van der Waals surface area contributed by atoms with Crippen LogP contribution < -0.4 is 10.1 Å². The predicted molar refractivity (Wildman–Crippen MR) is 107 cm³/mol. The van der Waals surface area contributed by atoms with Gasteiger partial charge in [-0.25, -0.2) is 0 Å². The third-order valence-corrected chi connectivity index (χ3v) is 4.31. The molecule has 1 aromatic carbocycles. The molecule has 0 bridgehead atoms. The highest BCUT2D eigenvalue weighted by Crippen LogP contribution is 2.14. The molecule has 140 valence electrons. The molecular formula is C22H26N4O. The number of hydrogen-bond acceptors (Lipinski definition) is 5. The number of hydrogen-bond donors (Lipinski definition) is 1. The molecule has 0 atom stereocenters. The van der Waals surface area contributed by atoms with Crippen molar-refractivity contribution in [2.24, 2.45) is 0 Å². The summed E-state index contributed by atoms with van der Waals surface area (Å²) in [5, 5.41) is 3.48. The molecule has 0 radical (unpaired) electrons. The van der Waals surface area contributed by atoms with Gasteiger partial charge >= 0.3 is 0 Å². The Balaban J connectivity index is 1.56. The molecule has 0 amide bonds. The molecule has 3 aromatic rings. The van der Waals surface area contributed by atoms with Crippen LogP contribution in [-0.4, -0.2) is 35.1 Å². The van der Waals surface area contributed by atoms with Crippen LogP contribution in [0, 0.1) is 0 Å². The Morgan fingerprint density at radius 2 is 1.56 bits per heavy atom.